The van der Waals surface area contributed by atoms with E-state index in [0.29, 0.717) is 0 Å². The molecule has 50 valence electrons. The summed E-state index contributed by atoms with van der Waals surface area (Å²) < 4.78 is 1.94. The predicted octanol–water partition coefficient (Wildman–Crippen LogP) is 1.56. The van der Waals surface area contributed by atoms with E-state index in [2.05, 4.69) is 0 Å². The Morgan fingerprint density at radius 2 is 2.50 bits per heavy atom. The molecule has 1 aromatic heterocycles. The van der Waals surface area contributed by atoms with Gasteiger partial charge >= 0.3 is 0 Å². The summed E-state index contributed by atoms with van der Waals surface area (Å²) in [5, 5.41) is 8.19. The number of nitriles is 1. The van der Waals surface area contributed by atoms with Gasteiger partial charge in [0.05, 0.1) is 6.07 Å². The lowest BCUT2D eigenvalue weighted by molar-refractivity contribution is 0.927. The van der Waals surface area contributed by atoms with Crippen molar-refractivity contribution in [2.75, 3.05) is 0 Å². The largest absolute Gasteiger partial charge is 0.357 e. The van der Waals surface area contributed by atoms with Gasteiger partial charge in [-0.1, -0.05) is 0 Å². The molecular formula is C8H8N2. The molecule has 0 aliphatic heterocycles. The molecule has 2 nitrogen and oxygen atoms in total. The van der Waals surface area contributed by atoms with Gasteiger partial charge in [0, 0.05) is 25.5 Å². The van der Waals surface area contributed by atoms with Gasteiger partial charge in [-0.15, -0.1) is 0 Å². The average molecular weight is 132 g/mol. The maximum atomic E-state index is 8.19. The third kappa shape index (κ3) is 1.49. The molecule has 0 aliphatic carbocycles. The van der Waals surface area contributed by atoms with Gasteiger partial charge in [0.25, 0.3) is 0 Å². The third-order valence-electron chi connectivity index (χ3n) is 1.21. The van der Waals surface area contributed by atoms with Gasteiger partial charge < -0.3 is 4.57 Å². The number of rotatable bonds is 1. The zero-order valence-electron chi connectivity index (χ0n) is 5.78. The van der Waals surface area contributed by atoms with Crippen LogP contribution in [0.1, 0.15) is 5.56 Å². The highest BCUT2D eigenvalue weighted by molar-refractivity contribution is 5.50. The highest BCUT2D eigenvalue weighted by Gasteiger charge is 1.85. The average Bonchev–Trinajstić information content (AvgIpc) is 2.31. The summed E-state index contributed by atoms with van der Waals surface area (Å²) in [5.74, 6) is 0. The molecule has 1 aromatic rings. The van der Waals surface area contributed by atoms with Crippen molar-refractivity contribution in [3.8, 4) is 6.07 Å². The van der Waals surface area contributed by atoms with Crippen LogP contribution >= 0.6 is 0 Å². The molecule has 0 amide bonds. The maximum absolute atomic E-state index is 8.19. The fourth-order valence-corrected chi connectivity index (χ4v) is 0.757. The van der Waals surface area contributed by atoms with Crippen molar-refractivity contribution >= 4 is 6.08 Å². The number of aryl methyl sites for hydroxylation is 1. The Morgan fingerprint density at radius 3 is 3.00 bits per heavy atom. The van der Waals surface area contributed by atoms with E-state index >= 15 is 0 Å². The Kier molecular flexibility index (Phi) is 1.91. The van der Waals surface area contributed by atoms with E-state index in [-0.39, 0.29) is 0 Å². The molecular weight excluding hydrogens is 124 g/mol. The zero-order valence-corrected chi connectivity index (χ0v) is 5.78. The first-order valence-corrected chi connectivity index (χ1v) is 3.01. The van der Waals surface area contributed by atoms with Crippen LogP contribution in [0, 0.1) is 11.3 Å². The predicted molar refractivity (Wildman–Crippen MR) is 40.1 cm³/mol. The van der Waals surface area contributed by atoms with E-state index in [4.69, 9.17) is 5.26 Å². The number of nitrogens with zero attached hydrogens (tertiary/aromatic N) is 2. The summed E-state index contributed by atoms with van der Waals surface area (Å²) in [4.78, 5) is 0. The minimum atomic E-state index is 1.06. The van der Waals surface area contributed by atoms with Crippen molar-refractivity contribution in [1.82, 2.24) is 4.57 Å². The molecule has 1 rings (SSSR count). The van der Waals surface area contributed by atoms with Gasteiger partial charge in [0.1, 0.15) is 0 Å². The lowest BCUT2D eigenvalue weighted by Crippen LogP contribution is -1.76. The van der Waals surface area contributed by atoms with Gasteiger partial charge in [0.15, 0.2) is 0 Å². The molecule has 0 bridgehead atoms. The van der Waals surface area contributed by atoms with E-state index in [1.807, 2.05) is 36.1 Å². The van der Waals surface area contributed by atoms with E-state index < -0.39 is 0 Å². The maximum Gasteiger partial charge on any atom is 0.0912 e. The molecule has 2 heteroatoms. The van der Waals surface area contributed by atoms with E-state index in [9.17, 15) is 0 Å². The van der Waals surface area contributed by atoms with Gasteiger partial charge in [-0.3, -0.25) is 0 Å². The molecule has 0 N–H and O–H groups in total. The third-order valence-corrected chi connectivity index (χ3v) is 1.21. The van der Waals surface area contributed by atoms with Gasteiger partial charge in [-0.05, 0) is 17.7 Å². The van der Waals surface area contributed by atoms with Gasteiger partial charge in [0.2, 0.25) is 0 Å². The monoisotopic (exact) mass is 132 g/mol. The van der Waals surface area contributed by atoms with Crippen LogP contribution in [0.3, 0.4) is 0 Å². The zero-order chi connectivity index (χ0) is 7.40. The van der Waals surface area contributed by atoms with Crippen molar-refractivity contribution in [3.63, 3.8) is 0 Å². The topological polar surface area (TPSA) is 28.7 Å². The second-order valence-electron chi connectivity index (χ2n) is 2.07. The lowest BCUT2D eigenvalue weighted by atomic mass is 10.3. The lowest BCUT2D eigenvalue weighted by Gasteiger charge is -1.82. The number of hydrogen-bond acceptors (Lipinski definition) is 1. The summed E-state index contributed by atoms with van der Waals surface area (Å²) in [6.07, 6.45) is 7.14. The molecule has 0 aromatic carbocycles. The van der Waals surface area contributed by atoms with E-state index in [0.717, 1.165) is 5.56 Å². The first-order chi connectivity index (χ1) is 4.83. The molecule has 0 saturated carbocycles. The number of aromatic nitrogens is 1. The molecule has 0 atom stereocenters. The Hall–Kier alpha value is -1.49. The SMILES string of the molecule is Cn1ccc(C=CC#N)c1. The summed E-state index contributed by atoms with van der Waals surface area (Å²) in [7, 11) is 1.95. The number of hydrogen-bond donors (Lipinski definition) is 0. The standard InChI is InChI=1S/C8H8N2/c1-10-6-4-8(7-10)3-2-5-9/h2-4,6-7H,1H3. The van der Waals surface area contributed by atoms with E-state index in [1.165, 1.54) is 6.08 Å². The summed E-state index contributed by atoms with van der Waals surface area (Å²) >= 11 is 0. The molecule has 0 fully saturated rings. The molecule has 0 aliphatic rings. The fraction of sp³-hybridized carbons (Fsp3) is 0.125. The molecule has 0 spiro atoms. The van der Waals surface area contributed by atoms with Crippen LogP contribution in [-0.2, 0) is 7.05 Å². The van der Waals surface area contributed by atoms with Crippen LogP contribution < -0.4 is 0 Å². The Balaban J connectivity index is 2.78. The summed E-state index contributed by atoms with van der Waals surface area (Å²) in [6.45, 7) is 0. The normalized spacial score (nSPS) is 10.0. The molecule has 0 saturated heterocycles. The van der Waals surface area contributed by atoms with Crippen LogP contribution in [0.5, 0.6) is 0 Å². The van der Waals surface area contributed by atoms with E-state index in [1.54, 1.807) is 6.08 Å². The van der Waals surface area contributed by atoms with Crippen molar-refractivity contribution in [2.45, 2.75) is 0 Å². The van der Waals surface area contributed by atoms with Crippen LogP contribution in [0.25, 0.3) is 6.08 Å². The second-order valence-corrected chi connectivity index (χ2v) is 2.07. The first kappa shape index (κ1) is 6.63. The van der Waals surface area contributed by atoms with Crippen molar-refractivity contribution < 1.29 is 0 Å². The minimum absolute atomic E-state index is 1.06. The fourth-order valence-electron chi connectivity index (χ4n) is 0.757. The molecule has 10 heavy (non-hydrogen) atoms. The van der Waals surface area contributed by atoms with Gasteiger partial charge in [-0.25, -0.2) is 0 Å². The number of allylic oxidation sites excluding steroid dienone is 1. The van der Waals surface area contributed by atoms with Crippen LogP contribution in [-0.4, -0.2) is 4.57 Å². The van der Waals surface area contributed by atoms with Gasteiger partial charge in [-0.2, -0.15) is 5.26 Å². The van der Waals surface area contributed by atoms with Crippen molar-refractivity contribution in [1.29, 1.82) is 5.26 Å². The molecule has 0 unspecified atom stereocenters. The Bertz CT molecular complexity index is 276. The Morgan fingerprint density at radius 1 is 1.70 bits per heavy atom. The summed E-state index contributed by atoms with van der Waals surface area (Å²) in [5.41, 5.74) is 1.06. The smallest absolute Gasteiger partial charge is 0.0912 e. The molecule has 0 radical (unpaired) electrons. The minimum Gasteiger partial charge on any atom is -0.357 e. The van der Waals surface area contributed by atoms with Crippen LogP contribution in [0.15, 0.2) is 24.5 Å². The highest BCUT2D eigenvalue weighted by atomic mass is 14.9. The Labute approximate surface area is 60.0 Å². The van der Waals surface area contributed by atoms with Crippen LogP contribution in [0.4, 0.5) is 0 Å². The second kappa shape index (κ2) is 2.88. The quantitative estimate of drug-likeness (QED) is 0.533. The highest BCUT2D eigenvalue weighted by Crippen LogP contribution is 2.00. The van der Waals surface area contributed by atoms with Crippen molar-refractivity contribution in [2.24, 2.45) is 7.05 Å². The molecule has 1 heterocycles. The first-order valence-electron chi connectivity index (χ1n) is 3.01. The summed E-state index contributed by atoms with van der Waals surface area (Å²) in [6, 6.07) is 3.89. The van der Waals surface area contributed by atoms with Crippen LogP contribution in [0.2, 0.25) is 0 Å². The van der Waals surface area contributed by atoms with Crippen molar-refractivity contribution in [3.05, 3.63) is 30.1 Å².